The Balaban J connectivity index is 1.91. The number of nitrogens with one attached hydrogen (secondary N) is 1. The van der Waals surface area contributed by atoms with Gasteiger partial charge in [0.1, 0.15) is 11.8 Å². The number of carbonyl (C=O) groups is 2. The molecule has 0 saturated carbocycles. The largest absolute Gasteiger partial charge is 0.484 e. The summed E-state index contributed by atoms with van der Waals surface area (Å²) in [5.74, 6) is 0.207. The number of amides is 2. The van der Waals surface area contributed by atoms with Crippen LogP contribution in [0.2, 0.25) is 10.0 Å². The minimum atomic E-state index is -0.747. The van der Waals surface area contributed by atoms with Crippen molar-refractivity contribution < 1.29 is 14.3 Å². The second kappa shape index (κ2) is 13.2. The van der Waals surface area contributed by atoms with Crippen molar-refractivity contribution in [1.82, 2.24) is 10.2 Å². The smallest absolute Gasteiger partial charge is 0.261 e. The van der Waals surface area contributed by atoms with E-state index in [2.05, 4.69) is 5.32 Å². The van der Waals surface area contributed by atoms with Crippen LogP contribution in [0.5, 0.6) is 5.75 Å². The molecule has 0 aliphatic carbocycles. The number of ether oxygens (including phenoxy) is 1. The summed E-state index contributed by atoms with van der Waals surface area (Å²) in [5, 5.41) is 4.04. The van der Waals surface area contributed by atoms with Crippen LogP contribution in [-0.2, 0) is 22.6 Å². The Labute approximate surface area is 217 Å². The van der Waals surface area contributed by atoms with E-state index in [-0.39, 0.29) is 30.9 Å². The summed E-state index contributed by atoms with van der Waals surface area (Å²) in [6.07, 6.45) is 0.359. The maximum Gasteiger partial charge on any atom is 0.261 e. The summed E-state index contributed by atoms with van der Waals surface area (Å²) < 4.78 is 5.74. The average molecular weight is 513 g/mol. The second-order valence-corrected chi connectivity index (χ2v) is 9.55. The van der Waals surface area contributed by atoms with Gasteiger partial charge < -0.3 is 15.0 Å². The second-order valence-electron chi connectivity index (χ2n) is 8.70. The number of hydrogen-bond acceptors (Lipinski definition) is 3. The summed E-state index contributed by atoms with van der Waals surface area (Å²) in [6.45, 7) is 4.49. The summed E-state index contributed by atoms with van der Waals surface area (Å²) in [4.78, 5) is 28.5. The first-order valence-corrected chi connectivity index (χ1v) is 12.3. The molecule has 0 spiro atoms. The summed E-state index contributed by atoms with van der Waals surface area (Å²) in [5.41, 5.74) is 1.70. The quantitative estimate of drug-likeness (QED) is 0.354. The first-order valence-electron chi connectivity index (χ1n) is 11.6. The predicted octanol–water partition coefficient (Wildman–Crippen LogP) is 5.78. The van der Waals surface area contributed by atoms with Crippen LogP contribution >= 0.6 is 23.2 Å². The van der Waals surface area contributed by atoms with Gasteiger partial charge in [-0.1, -0.05) is 91.6 Å². The number of carbonyl (C=O) groups excluding carboxylic acids is 2. The fraction of sp³-hybridized carbons (Fsp3) is 0.286. The van der Waals surface area contributed by atoms with Crippen LogP contribution in [-0.4, -0.2) is 35.9 Å². The standard InChI is InChI=1S/C28H30Cl2N2O3/c1-20(2)17-31-28(34)26(15-21-9-4-3-5-10-21)32(18-22-11-6-7-14-25(22)30)27(33)19-35-24-13-8-12-23(29)16-24/h3-14,16,20,26H,15,17-19H2,1-2H3,(H,31,34)/t26-/m0/s1. The Morgan fingerprint density at radius 3 is 2.34 bits per heavy atom. The molecule has 3 rings (SSSR count). The summed E-state index contributed by atoms with van der Waals surface area (Å²) in [7, 11) is 0. The maximum absolute atomic E-state index is 13.5. The zero-order valence-corrected chi connectivity index (χ0v) is 21.4. The third kappa shape index (κ3) is 8.30. The monoisotopic (exact) mass is 512 g/mol. The number of benzene rings is 3. The van der Waals surface area contributed by atoms with Crippen LogP contribution in [0.15, 0.2) is 78.9 Å². The fourth-order valence-corrected chi connectivity index (χ4v) is 3.95. The van der Waals surface area contributed by atoms with E-state index in [0.29, 0.717) is 28.8 Å². The zero-order chi connectivity index (χ0) is 25.2. The Hall–Kier alpha value is -3.02. The lowest BCUT2D eigenvalue weighted by molar-refractivity contribution is -0.142. The van der Waals surface area contributed by atoms with Gasteiger partial charge in [0.25, 0.3) is 5.91 Å². The lowest BCUT2D eigenvalue weighted by atomic mass is 10.0. The average Bonchev–Trinajstić information content (AvgIpc) is 2.85. The minimum Gasteiger partial charge on any atom is -0.484 e. The molecule has 7 heteroatoms. The van der Waals surface area contributed by atoms with E-state index in [1.807, 2.05) is 62.4 Å². The van der Waals surface area contributed by atoms with Gasteiger partial charge in [0.05, 0.1) is 0 Å². The highest BCUT2D eigenvalue weighted by Gasteiger charge is 2.31. The molecule has 3 aromatic carbocycles. The Morgan fingerprint density at radius 1 is 0.943 bits per heavy atom. The lowest BCUT2D eigenvalue weighted by Gasteiger charge is -2.32. The normalized spacial score (nSPS) is 11.7. The summed E-state index contributed by atoms with van der Waals surface area (Å²) >= 11 is 12.5. The third-order valence-corrected chi connectivity index (χ3v) is 6.02. The van der Waals surface area contributed by atoms with E-state index < -0.39 is 6.04 Å². The van der Waals surface area contributed by atoms with E-state index in [0.717, 1.165) is 11.1 Å². The molecule has 0 heterocycles. The minimum absolute atomic E-state index is 0.171. The highest BCUT2D eigenvalue weighted by molar-refractivity contribution is 6.31. The van der Waals surface area contributed by atoms with E-state index >= 15 is 0 Å². The Kier molecular flexibility index (Phi) is 10.0. The van der Waals surface area contributed by atoms with Crippen LogP contribution in [0.1, 0.15) is 25.0 Å². The van der Waals surface area contributed by atoms with Crippen LogP contribution < -0.4 is 10.1 Å². The zero-order valence-electron chi connectivity index (χ0n) is 19.9. The molecule has 0 saturated heterocycles. The van der Waals surface area contributed by atoms with Gasteiger partial charge in [-0.25, -0.2) is 0 Å². The lowest BCUT2D eigenvalue weighted by Crippen LogP contribution is -2.52. The van der Waals surface area contributed by atoms with Gasteiger partial charge in [0.2, 0.25) is 5.91 Å². The predicted molar refractivity (Wildman–Crippen MR) is 141 cm³/mol. The van der Waals surface area contributed by atoms with Crippen molar-refractivity contribution >= 4 is 35.0 Å². The van der Waals surface area contributed by atoms with Crippen molar-refractivity contribution in [2.75, 3.05) is 13.2 Å². The topological polar surface area (TPSA) is 58.6 Å². The van der Waals surface area contributed by atoms with Crippen molar-refractivity contribution in [2.45, 2.75) is 32.9 Å². The van der Waals surface area contributed by atoms with Gasteiger partial charge in [0, 0.05) is 29.6 Å². The van der Waals surface area contributed by atoms with Crippen molar-refractivity contribution in [3.05, 3.63) is 100 Å². The van der Waals surface area contributed by atoms with Crippen LogP contribution in [0, 0.1) is 5.92 Å². The SMILES string of the molecule is CC(C)CNC(=O)[C@H](Cc1ccccc1)N(Cc1ccccc1Cl)C(=O)COc1cccc(Cl)c1. The molecule has 35 heavy (non-hydrogen) atoms. The van der Waals surface area contributed by atoms with Crippen molar-refractivity contribution in [3.8, 4) is 5.75 Å². The van der Waals surface area contributed by atoms with Crippen molar-refractivity contribution in [2.24, 2.45) is 5.92 Å². The molecule has 0 unspecified atom stereocenters. The summed E-state index contributed by atoms with van der Waals surface area (Å²) in [6, 6.07) is 23.1. The molecule has 0 fully saturated rings. The molecule has 3 aromatic rings. The van der Waals surface area contributed by atoms with Crippen LogP contribution in [0.3, 0.4) is 0 Å². The molecule has 0 aliphatic heterocycles. The van der Waals surface area contributed by atoms with E-state index in [9.17, 15) is 9.59 Å². The maximum atomic E-state index is 13.5. The Bertz CT molecular complexity index is 1120. The number of rotatable bonds is 11. The fourth-order valence-electron chi connectivity index (χ4n) is 3.57. The molecule has 184 valence electrons. The van der Waals surface area contributed by atoms with Gasteiger partial charge in [-0.05, 0) is 41.3 Å². The van der Waals surface area contributed by atoms with E-state index in [4.69, 9.17) is 27.9 Å². The molecule has 0 radical (unpaired) electrons. The van der Waals surface area contributed by atoms with Crippen molar-refractivity contribution in [3.63, 3.8) is 0 Å². The molecule has 0 bridgehead atoms. The molecule has 0 aliphatic rings. The van der Waals surface area contributed by atoms with Gasteiger partial charge in [-0.3, -0.25) is 9.59 Å². The number of hydrogen-bond donors (Lipinski definition) is 1. The Morgan fingerprint density at radius 2 is 1.66 bits per heavy atom. The molecule has 1 N–H and O–H groups in total. The molecular weight excluding hydrogens is 483 g/mol. The van der Waals surface area contributed by atoms with Gasteiger partial charge >= 0.3 is 0 Å². The van der Waals surface area contributed by atoms with E-state index in [1.165, 1.54) is 0 Å². The number of nitrogens with zero attached hydrogens (tertiary/aromatic N) is 1. The third-order valence-electron chi connectivity index (χ3n) is 5.41. The molecular formula is C28H30Cl2N2O3. The first-order chi connectivity index (χ1) is 16.8. The van der Waals surface area contributed by atoms with Crippen molar-refractivity contribution in [1.29, 1.82) is 0 Å². The molecule has 2 amide bonds. The van der Waals surface area contributed by atoms with E-state index in [1.54, 1.807) is 35.2 Å². The van der Waals surface area contributed by atoms with Gasteiger partial charge in [-0.15, -0.1) is 0 Å². The highest BCUT2D eigenvalue weighted by atomic mass is 35.5. The molecule has 5 nitrogen and oxygen atoms in total. The van der Waals surface area contributed by atoms with Gasteiger partial charge in [0.15, 0.2) is 6.61 Å². The number of halogens is 2. The first kappa shape index (κ1) is 26.6. The molecule has 1 atom stereocenters. The highest BCUT2D eigenvalue weighted by Crippen LogP contribution is 2.22. The van der Waals surface area contributed by atoms with Crippen LogP contribution in [0.25, 0.3) is 0 Å². The van der Waals surface area contributed by atoms with Gasteiger partial charge in [-0.2, -0.15) is 0 Å². The van der Waals surface area contributed by atoms with Crippen LogP contribution in [0.4, 0.5) is 0 Å². The molecule has 0 aromatic heterocycles.